The normalized spacial score (nSPS) is 15.8. The van der Waals surface area contributed by atoms with Gasteiger partial charge in [-0.3, -0.25) is 14.4 Å². The molecule has 2 amide bonds. The van der Waals surface area contributed by atoms with Gasteiger partial charge in [-0.1, -0.05) is 42.5 Å². The molecule has 0 aliphatic carbocycles. The molecule has 0 saturated heterocycles. The molecule has 1 unspecified atom stereocenters. The predicted octanol–water partition coefficient (Wildman–Crippen LogP) is 3.84. The molecule has 0 radical (unpaired) electrons. The number of hydrogen-bond donors (Lipinski definition) is 1. The number of thiophene rings is 1. The standard InChI is InChI=1S/C23H19FN2O3S/c1-26-18-12-19(22(28)25-13-15-5-3-2-4-6-15)30-21(18)20(27)17(23(26)29)11-14-7-9-16(24)10-8-14/h2-10,12,17H,11,13H2,1H3,(H,25,28). The Hall–Kier alpha value is -3.32. The first-order valence-corrected chi connectivity index (χ1v) is 10.3. The Morgan fingerprint density at radius 1 is 1.07 bits per heavy atom. The summed E-state index contributed by atoms with van der Waals surface area (Å²) in [4.78, 5) is 40.6. The van der Waals surface area contributed by atoms with Gasteiger partial charge in [-0.2, -0.15) is 0 Å². The molecule has 0 spiro atoms. The molecule has 152 valence electrons. The van der Waals surface area contributed by atoms with Crippen LogP contribution in [0.1, 0.15) is 30.5 Å². The summed E-state index contributed by atoms with van der Waals surface area (Å²) in [5.74, 6) is -2.17. The largest absolute Gasteiger partial charge is 0.347 e. The van der Waals surface area contributed by atoms with E-state index in [4.69, 9.17) is 0 Å². The Labute approximate surface area is 177 Å². The lowest BCUT2D eigenvalue weighted by Gasteiger charge is -2.28. The summed E-state index contributed by atoms with van der Waals surface area (Å²) in [6, 6.07) is 16.9. The average molecular weight is 422 g/mol. The minimum Gasteiger partial charge on any atom is -0.347 e. The fourth-order valence-electron chi connectivity index (χ4n) is 3.44. The van der Waals surface area contributed by atoms with Gasteiger partial charge in [0.2, 0.25) is 5.91 Å². The lowest BCUT2D eigenvalue weighted by molar-refractivity contribution is -0.120. The van der Waals surface area contributed by atoms with Crippen molar-refractivity contribution in [1.29, 1.82) is 0 Å². The maximum absolute atomic E-state index is 13.1. The summed E-state index contributed by atoms with van der Waals surface area (Å²) < 4.78 is 13.1. The van der Waals surface area contributed by atoms with E-state index in [0.29, 0.717) is 27.5 Å². The third-order valence-electron chi connectivity index (χ3n) is 5.12. The predicted molar refractivity (Wildman–Crippen MR) is 113 cm³/mol. The van der Waals surface area contributed by atoms with Crippen LogP contribution in [0.5, 0.6) is 0 Å². The smallest absolute Gasteiger partial charge is 0.261 e. The minimum absolute atomic E-state index is 0.190. The minimum atomic E-state index is -0.883. The van der Waals surface area contributed by atoms with E-state index in [1.165, 1.54) is 17.0 Å². The Balaban J connectivity index is 1.53. The molecule has 0 fully saturated rings. The second kappa shape index (κ2) is 8.20. The number of ketones is 1. The Bertz CT molecular complexity index is 1110. The molecule has 4 rings (SSSR count). The van der Waals surface area contributed by atoms with Gasteiger partial charge in [0.05, 0.1) is 15.4 Å². The number of halogens is 1. The number of nitrogens with zero attached hydrogens (tertiary/aromatic N) is 1. The molecular weight excluding hydrogens is 403 g/mol. The second-order valence-corrected chi connectivity index (χ2v) is 8.19. The molecule has 2 heterocycles. The number of hydrogen-bond acceptors (Lipinski definition) is 4. The van der Waals surface area contributed by atoms with Crippen molar-refractivity contribution >= 4 is 34.6 Å². The number of nitrogens with one attached hydrogen (secondary N) is 1. The highest BCUT2D eigenvalue weighted by atomic mass is 32.1. The number of rotatable bonds is 5. The summed E-state index contributed by atoms with van der Waals surface area (Å²) in [5.41, 5.74) is 2.13. The monoisotopic (exact) mass is 422 g/mol. The quantitative estimate of drug-likeness (QED) is 0.636. The number of carbonyl (C=O) groups excluding carboxylic acids is 3. The zero-order valence-corrected chi connectivity index (χ0v) is 17.0. The van der Waals surface area contributed by atoms with E-state index in [0.717, 1.165) is 16.9 Å². The maximum atomic E-state index is 13.1. The molecule has 0 bridgehead atoms. The average Bonchev–Trinajstić information content (AvgIpc) is 3.21. The summed E-state index contributed by atoms with van der Waals surface area (Å²) in [7, 11) is 1.60. The van der Waals surface area contributed by atoms with Gasteiger partial charge in [0.1, 0.15) is 11.7 Å². The highest BCUT2D eigenvalue weighted by Gasteiger charge is 2.40. The van der Waals surface area contributed by atoms with Gasteiger partial charge >= 0.3 is 0 Å². The number of fused-ring (bicyclic) bond motifs is 1. The van der Waals surface area contributed by atoms with Crippen LogP contribution in [0, 0.1) is 11.7 Å². The highest BCUT2D eigenvalue weighted by molar-refractivity contribution is 7.16. The van der Waals surface area contributed by atoms with Gasteiger partial charge in [-0.25, -0.2) is 4.39 Å². The van der Waals surface area contributed by atoms with Crippen LogP contribution in [0.25, 0.3) is 0 Å². The van der Waals surface area contributed by atoms with E-state index in [-0.39, 0.29) is 29.8 Å². The molecule has 2 aromatic carbocycles. The van der Waals surface area contributed by atoms with Crippen molar-refractivity contribution in [3.63, 3.8) is 0 Å². The molecule has 30 heavy (non-hydrogen) atoms. The molecule has 1 aliphatic heterocycles. The first-order chi connectivity index (χ1) is 14.4. The molecule has 1 atom stereocenters. The zero-order chi connectivity index (χ0) is 21.3. The fourth-order valence-corrected chi connectivity index (χ4v) is 4.54. The van der Waals surface area contributed by atoms with E-state index in [2.05, 4.69) is 5.32 Å². The lowest BCUT2D eigenvalue weighted by atomic mass is 9.90. The molecule has 0 saturated carbocycles. The summed E-state index contributed by atoms with van der Waals surface area (Å²) in [6.45, 7) is 0.373. The van der Waals surface area contributed by atoms with Crippen molar-refractivity contribution < 1.29 is 18.8 Å². The van der Waals surface area contributed by atoms with Gasteiger partial charge in [-0.15, -0.1) is 11.3 Å². The third-order valence-corrected chi connectivity index (χ3v) is 6.25. The highest BCUT2D eigenvalue weighted by Crippen LogP contribution is 2.37. The molecule has 1 aromatic heterocycles. The van der Waals surface area contributed by atoms with Crippen molar-refractivity contribution in [2.24, 2.45) is 5.92 Å². The van der Waals surface area contributed by atoms with Crippen molar-refractivity contribution in [3.8, 4) is 0 Å². The van der Waals surface area contributed by atoms with Crippen molar-refractivity contribution in [2.75, 3.05) is 11.9 Å². The van der Waals surface area contributed by atoms with E-state index in [9.17, 15) is 18.8 Å². The number of benzene rings is 2. The summed E-state index contributed by atoms with van der Waals surface area (Å²) >= 11 is 1.09. The first kappa shape index (κ1) is 20.0. The Kier molecular flexibility index (Phi) is 5.46. The molecule has 3 aromatic rings. The van der Waals surface area contributed by atoms with Gasteiger partial charge in [0, 0.05) is 13.6 Å². The molecule has 1 aliphatic rings. The van der Waals surface area contributed by atoms with Crippen LogP contribution in [-0.2, 0) is 17.8 Å². The summed E-state index contributed by atoms with van der Waals surface area (Å²) in [6.07, 6.45) is 0.190. The van der Waals surface area contributed by atoms with Crippen molar-refractivity contribution in [1.82, 2.24) is 5.32 Å². The number of carbonyl (C=O) groups is 3. The number of amides is 2. The molecular formula is C23H19FN2O3S. The fraction of sp³-hybridized carbons (Fsp3) is 0.174. The van der Waals surface area contributed by atoms with E-state index in [1.807, 2.05) is 30.3 Å². The van der Waals surface area contributed by atoms with Gasteiger partial charge < -0.3 is 10.2 Å². The molecule has 1 N–H and O–H groups in total. The van der Waals surface area contributed by atoms with E-state index < -0.39 is 5.92 Å². The third kappa shape index (κ3) is 3.89. The van der Waals surface area contributed by atoms with Crippen LogP contribution in [0.15, 0.2) is 60.7 Å². The topological polar surface area (TPSA) is 66.5 Å². The van der Waals surface area contributed by atoms with E-state index in [1.54, 1.807) is 25.2 Å². The zero-order valence-electron chi connectivity index (χ0n) is 16.2. The van der Waals surface area contributed by atoms with Crippen molar-refractivity contribution in [2.45, 2.75) is 13.0 Å². The SMILES string of the molecule is CN1C(=O)C(Cc2ccc(F)cc2)C(=O)c2sc(C(=O)NCc3ccccc3)cc21. The van der Waals surface area contributed by atoms with Crippen LogP contribution in [-0.4, -0.2) is 24.6 Å². The Morgan fingerprint density at radius 2 is 1.77 bits per heavy atom. The maximum Gasteiger partial charge on any atom is 0.261 e. The van der Waals surface area contributed by atoms with Crippen LogP contribution >= 0.6 is 11.3 Å². The van der Waals surface area contributed by atoms with Crippen LogP contribution in [0.4, 0.5) is 10.1 Å². The number of Topliss-reactive ketones (excluding diaryl/α,β-unsaturated/α-hetero) is 1. The van der Waals surface area contributed by atoms with Crippen LogP contribution < -0.4 is 10.2 Å². The lowest BCUT2D eigenvalue weighted by Crippen LogP contribution is -2.42. The van der Waals surface area contributed by atoms with E-state index >= 15 is 0 Å². The second-order valence-electron chi connectivity index (χ2n) is 7.14. The van der Waals surface area contributed by atoms with Gasteiger partial charge in [0.15, 0.2) is 5.78 Å². The van der Waals surface area contributed by atoms with Gasteiger partial charge in [0.25, 0.3) is 5.91 Å². The first-order valence-electron chi connectivity index (χ1n) is 9.46. The number of anilines is 1. The Morgan fingerprint density at radius 3 is 2.47 bits per heavy atom. The molecule has 5 nitrogen and oxygen atoms in total. The summed E-state index contributed by atoms with van der Waals surface area (Å²) in [5, 5.41) is 2.84. The van der Waals surface area contributed by atoms with Gasteiger partial charge in [-0.05, 0) is 35.7 Å². The van der Waals surface area contributed by atoms with Crippen LogP contribution in [0.2, 0.25) is 0 Å². The van der Waals surface area contributed by atoms with Crippen LogP contribution in [0.3, 0.4) is 0 Å². The molecule has 7 heteroatoms. The van der Waals surface area contributed by atoms with Crippen molar-refractivity contribution in [3.05, 3.63) is 87.4 Å².